The van der Waals surface area contributed by atoms with E-state index in [0.717, 1.165) is 38.5 Å². The first-order valence-corrected chi connectivity index (χ1v) is 9.14. The molecule has 3 N–H and O–H groups in total. The van der Waals surface area contributed by atoms with Gasteiger partial charge in [-0.15, -0.1) is 0 Å². The number of rotatable bonds is 12. The van der Waals surface area contributed by atoms with Gasteiger partial charge in [0.05, 0.1) is 12.2 Å². The zero-order valence-electron chi connectivity index (χ0n) is 14.7. The third-order valence-corrected chi connectivity index (χ3v) is 4.44. The molecule has 0 spiro atoms. The number of carboxylic acid groups (broad SMARTS) is 1. The van der Waals surface area contributed by atoms with Gasteiger partial charge in [-0.1, -0.05) is 62.6 Å². The Bertz CT molecular complexity index is 439. The molecule has 0 fully saturated rings. The van der Waals surface area contributed by atoms with E-state index in [0.29, 0.717) is 6.42 Å². The van der Waals surface area contributed by atoms with E-state index in [1.165, 1.54) is 0 Å². The highest BCUT2D eigenvalue weighted by molar-refractivity contribution is 5.66. The van der Waals surface area contributed by atoms with Gasteiger partial charge in [-0.25, -0.2) is 0 Å². The summed E-state index contributed by atoms with van der Waals surface area (Å²) in [5, 5.41) is 28.6. The summed E-state index contributed by atoms with van der Waals surface area (Å²) in [5.41, 5.74) is 0. The van der Waals surface area contributed by atoms with Crippen molar-refractivity contribution in [2.45, 2.75) is 70.5 Å². The van der Waals surface area contributed by atoms with Crippen molar-refractivity contribution in [1.29, 1.82) is 0 Å². The molecule has 24 heavy (non-hydrogen) atoms. The van der Waals surface area contributed by atoms with Crippen LogP contribution in [0.15, 0.2) is 36.5 Å². The SMILES string of the molecule is CCCCCC(O)/C=C/[C@H]1C(O)C=C[C@@H]1C/C=C\CCCC(=O)O. The van der Waals surface area contributed by atoms with Gasteiger partial charge in [0.15, 0.2) is 0 Å². The van der Waals surface area contributed by atoms with Crippen LogP contribution < -0.4 is 0 Å². The highest BCUT2D eigenvalue weighted by atomic mass is 16.4. The minimum absolute atomic E-state index is 0.00879. The van der Waals surface area contributed by atoms with Gasteiger partial charge in [-0.05, 0) is 31.6 Å². The van der Waals surface area contributed by atoms with Gasteiger partial charge in [-0.2, -0.15) is 0 Å². The molecular formula is C20H32O4. The van der Waals surface area contributed by atoms with E-state index in [1.54, 1.807) is 0 Å². The zero-order valence-corrected chi connectivity index (χ0v) is 14.7. The summed E-state index contributed by atoms with van der Waals surface area (Å²) in [5.74, 6) is -0.516. The number of hydrogen-bond acceptors (Lipinski definition) is 3. The third kappa shape index (κ3) is 8.46. The van der Waals surface area contributed by atoms with Crippen LogP contribution >= 0.6 is 0 Å². The van der Waals surface area contributed by atoms with Crippen LogP contribution in [0.1, 0.15) is 58.3 Å². The molecule has 0 aromatic rings. The third-order valence-electron chi connectivity index (χ3n) is 4.44. The molecule has 0 saturated heterocycles. The summed E-state index contributed by atoms with van der Waals surface area (Å²) >= 11 is 0. The topological polar surface area (TPSA) is 77.8 Å². The van der Waals surface area contributed by atoms with E-state index < -0.39 is 18.2 Å². The van der Waals surface area contributed by atoms with Gasteiger partial charge in [0.25, 0.3) is 0 Å². The fourth-order valence-corrected chi connectivity index (χ4v) is 2.96. The van der Waals surface area contributed by atoms with Crippen molar-refractivity contribution in [3.8, 4) is 0 Å². The number of carbonyl (C=O) groups is 1. The summed E-state index contributed by atoms with van der Waals surface area (Å²) in [6.45, 7) is 2.14. The lowest BCUT2D eigenvalue weighted by Gasteiger charge is -2.18. The van der Waals surface area contributed by atoms with Crippen LogP contribution in [0.2, 0.25) is 0 Å². The van der Waals surface area contributed by atoms with Crippen LogP contribution in [0, 0.1) is 11.8 Å². The second-order valence-electron chi connectivity index (χ2n) is 6.56. The van der Waals surface area contributed by atoms with Crippen LogP contribution in [0.25, 0.3) is 0 Å². The Morgan fingerprint density at radius 3 is 2.71 bits per heavy atom. The van der Waals surface area contributed by atoms with E-state index in [-0.39, 0.29) is 18.3 Å². The molecule has 4 heteroatoms. The van der Waals surface area contributed by atoms with E-state index in [4.69, 9.17) is 5.11 Å². The molecule has 0 aromatic heterocycles. The van der Waals surface area contributed by atoms with Crippen LogP contribution in [-0.4, -0.2) is 33.5 Å². The lowest BCUT2D eigenvalue weighted by Crippen LogP contribution is -2.18. The Morgan fingerprint density at radius 1 is 1.21 bits per heavy atom. The van der Waals surface area contributed by atoms with Crippen molar-refractivity contribution in [1.82, 2.24) is 0 Å². The summed E-state index contributed by atoms with van der Waals surface area (Å²) in [6.07, 6.45) is 17.3. The van der Waals surface area contributed by atoms with Gasteiger partial charge in [-0.3, -0.25) is 4.79 Å². The smallest absolute Gasteiger partial charge is 0.303 e. The van der Waals surface area contributed by atoms with Gasteiger partial charge in [0.1, 0.15) is 0 Å². The molecule has 0 bridgehead atoms. The van der Waals surface area contributed by atoms with Crippen molar-refractivity contribution >= 4 is 5.97 Å². The van der Waals surface area contributed by atoms with Gasteiger partial charge in [0, 0.05) is 12.3 Å². The van der Waals surface area contributed by atoms with Crippen LogP contribution in [0.3, 0.4) is 0 Å². The minimum atomic E-state index is -0.757. The number of aliphatic hydroxyl groups is 2. The Labute approximate surface area is 145 Å². The van der Waals surface area contributed by atoms with Crippen molar-refractivity contribution < 1.29 is 20.1 Å². The Hall–Kier alpha value is -1.39. The highest BCUT2D eigenvalue weighted by Gasteiger charge is 2.27. The second kappa shape index (κ2) is 12.0. The molecule has 2 unspecified atom stereocenters. The number of aliphatic carboxylic acids is 1. The second-order valence-corrected chi connectivity index (χ2v) is 6.56. The first kappa shape index (κ1) is 20.7. The average molecular weight is 336 g/mol. The number of hydrogen-bond donors (Lipinski definition) is 3. The predicted molar refractivity (Wildman–Crippen MR) is 96.7 cm³/mol. The molecule has 0 radical (unpaired) electrons. The summed E-state index contributed by atoms with van der Waals surface area (Å²) in [7, 11) is 0. The van der Waals surface area contributed by atoms with E-state index in [9.17, 15) is 15.0 Å². The number of aliphatic hydroxyl groups excluding tert-OH is 2. The van der Waals surface area contributed by atoms with E-state index in [2.05, 4.69) is 13.0 Å². The maximum atomic E-state index is 10.4. The molecule has 4 nitrogen and oxygen atoms in total. The number of unbranched alkanes of at least 4 members (excludes halogenated alkanes) is 3. The predicted octanol–water partition coefficient (Wildman–Crippen LogP) is 3.85. The fourth-order valence-electron chi connectivity index (χ4n) is 2.96. The molecule has 0 saturated carbocycles. The molecule has 4 atom stereocenters. The van der Waals surface area contributed by atoms with Crippen LogP contribution in [0.5, 0.6) is 0 Å². The van der Waals surface area contributed by atoms with Gasteiger partial charge < -0.3 is 15.3 Å². The molecule has 0 amide bonds. The fraction of sp³-hybridized carbons (Fsp3) is 0.650. The Balaban J connectivity index is 2.36. The maximum Gasteiger partial charge on any atom is 0.303 e. The lowest BCUT2D eigenvalue weighted by atomic mass is 9.90. The Kier molecular flexibility index (Phi) is 10.4. The van der Waals surface area contributed by atoms with Crippen molar-refractivity contribution in [2.75, 3.05) is 0 Å². The quantitative estimate of drug-likeness (QED) is 0.374. The minimum Gasteiger partial charge on any atom is -0.481 e. The molecular weight excluding hydrogens is 304 g/mol. The van der Waals surface area contributed by atoms with Crippen LogP contribution in [0.4, 0.5) is 0 Å². The molecule has 1 rings (SSSR count). The highest BCUT2D eigenvalue weighted by Crippen LogP contribution is 2.30. The normalized spacial score (nSPS) is 25.0. The monoisotopic (exact) mass is 336 g/mol. The molecule has 1 aliphatic rings. The maximum absolute atomic E-state index is 10.4. The summed E-state index contributed by atoms with van der Waals surface area (Å²) in [6, 6.07) is 0. The largest absolute Gasteiger partial charge is 0.481 e. The zero-order chi connectivity index (χ0) is 17.8. The Morgan fingerprint density at radius 2 is 2.00 bits per heavy atom. The average Bonchev–Trinajstić information content (AvgIpc) is 2.89. The van der Waals surface area contributed by atoms with Crippen molar-refractivity contribution in [2.24, 2.45) is 11.8 Å². The van der Waals surface area contributed by atoms with Crippen molar-refractivity contribution in [3.05, 3.63) is 36.5 Å². The summed E-state index contributed by atoms with van der Waals surface area (Å²) in [4.78, 5) is 10.4. The molecule has 0 heterocycles. The molecule has 136 valence electrons. The summed E-state index contributed by atoms with van der Waals surface area (Å²) < 4.78 is 0. The molecule has 0 aliphatic heterocycles. The first-order valence-electron chi connectivity index (χ1n) is 9.14. The van der Waals surface area contributed by atoms with Crippen LogP contribution in [-0.2, 0) is 4.79 Å². The first-order chi connectivity index (χ1) is 11.5. The van der Waals surface area contributed by atoms with Gasteiger partial charge >= 0.3 is 5.97 Å². The molecule has 0 aromatic carbocycles. The standard InChI is InChI=1S/C20H32O4/c1-2-3-6-10-17(21)13-14-18-16(12-15-19(18)22)9-7-4-5-8-11-20(23)24/h4,7,12-19,21-22H,2-3,5-6,8-11H2,1H3,(H,23,24)/b7-4-,14-13+/t16-,17?,18+,19?/m0/s1. The lowest BCUT2D eigenvalue weighted by molar-refractivity contribution is -0.137. The number of carboxylic acids is 1. The van der Waals surface area contributed by atoms with E-state index in [1.807, 2.05) is 30.4 Å². The molecule has 1 aliphatic carbocycles. The number of allylic oxidation sites excluding steroid dienone is 3. The van der Waals surface area contributed by atoms with E-state index >= 15 is 0 Å². The van der Waals surface area contributed by atoms with Gasteiger partial charge in [0.2, 0.25) is 0 Å². The van der Waals surface area contributed by atoms with Crippen molar-refractivity contribution in [3.63, 3.8) is 0 Å².